The van der Waals surface area contributed by atoms with Crippen molar-refractivity contribution >= 4 is 5.97 Å². The molecular weight excluding hydrogens is 261 g/mol. The Balaban J connectivity index is 2.13. The van der Waals surface area contributed by atoms with Crippen LogP contribution in [0.1, 0.15) is 31.4 Å². The molecule has 1 fully saturated rings. The number of halogens is 1. The summed E-state index contributed by atoms with van der Waals surface area (Å²) in [6, 6.07) is 5.98. The summed E-state index contributed by atoms with van der Waals surface area (Å²) in [5.41, 5.74) is 0.910. The van der Waals surface area contributed by atoms with Gasteiger partial charge in [0.25, 0.3) is 0 Å². The topological polar surface area (TPSA) is 58.6 Å². The second-order valence-electron chi connectivity index (χ2n) is 5.34. The summed E-state index contributed by atoms with van der Waals surface area (Å²) in [5, 5.41) is 13.5. The monoisotopic (exact) mass is 281 g/mol. The molecule has 1 aromatic rings. The number of hydrogen-bond donors (Lipinski definition) is 2. The number of aliphatic hydroxyl groups is 1. The van der Waals surface area contributed by atoms with Crippen molar-refractivity contribution in [2.45, 2.75) is 38.0 Å². The first-order chi connectivity index (χ1) is 9.51. The van der Waals surface area contributed by atoms with Gasteiger partial charge in [-0.05, 0) is 24.1 Å². The van der Waals surface area contributed by atoms with E-state index in [4.69, 9.17) is 0 Å². The van der Waals surface area contributed by atoms with E-state index in [0.29, 0.717) is 6.42 Å². The largest absolute Gasteiger partial charge is 0.469 e. The lowest BCUT2D eigenvalue weighted by atomic mass is 9.82. The van der Waals surface area contributed by atoms with Gasteiger partial charge in [0.15, 0.2) is 0 Å². The van der Waals surface area contributed by atoms with Crippen LogP contribution in [0.25, 0.3) is 0 Å². The Morgan fingerprint density at radius 2 is 2.10 bits per heavy atom. The van der Waals surface area contributed by atoms with Crippen LogP contribution in [0.4, 0.5) is 4.39 Å². The fourth-order valence-corrected chi connectivity index (χ4v) is 2.70. The van der Waals surface area contributed by atoms with Crippen molar-refractivity contribution in [2.24, 2.45) is 5.92 Å². The fraction of sp³-hybridized carbons (Fsp3) is 0.533. The Hall–Kier alpha value is -1.46. The SMILES string of the molecule is COC(=O)C[C@H]1C[C@H](O)[C@@H](C)[C@@H](c2ccc(F)cc2)N1. The summed E-state index contributed by atoms with van der Waals surface area (Å²) in [5.74, 6) is -0.597. The smallest absolute Gasteiger partial charge is 0.307 e. The summed E-state index contributed by atoms with van der Waals surface area (Å²) in [6.07, 6.45) is 0.229. The highest BCUT2D eigenvalue weighted by atomic mass is 19.1. The lowest BCUT2D eigenvalue weighted by Gasteiger charge is -2.39. The van der Waals surface area contributed by atoms with Gasteiger partial charge in [-0.15, -0.1) is 0 Å². The molecule has 0 aliphatic carbocycles. The minimum atomic E-state index is -0.499. The third-order valence-electron chi connectivity index (χ3n) is 3.94. The fourth-order valence-electron chi connectivity index (χ4n) is 2.70. The number of carbonyl (C=O) groups is 1. The average molecular weight is 281 g/mol. The van der Waals surface area contributed by atoms with Crippen LogP contribution in [0.15, 0.2) is 24.3 Å². The Bertz CT molecular complexity index is 463. The van der Waals surface area contributed by atoms with Crippen molar-refractivity contribution < 1.29 is 19.0 Å². The molecule has 4 atom stereocenters. The van der Waals surface area contributed by atoms with Gasteiger partial charge in [0.1, 0.15) is 5.82 Å². The van der Waals surface area contributed by atoms with Crippen LogP contribution in [0.5, 0.6) is 0 Å². The standard InChI is InChI=1S/C15H20FNO3/c1-9-13(18)7-12(8-14(19)20-2)17-15(9)10-3-5-11(16)6-4-10/h3-6,9,12-13,15,17-18H,7-8H2,1-2H3/t9-,12-,13+,15+/m1/s1. The molecule has 0 unspecified atom stereocenters. The highest BCUT2D eigenvalue weighted by Crippen LogP contribution is 2.32. The summed E-state index contributed by atoms with van der Waals surface area (Å²) < 4.78 is 17.7. The molecular formula is C15H20FNO3. The molecule has 1 aliphatic rings. The maximum Gasteiger partial charge on any atom is 0.307 e. The Kier molecular flexibility index (Phi) is 4.73. The quantitative estimate of drug-likeness (QED) is 0.829. The number of methoxy groups -OCH3 is 1. The van der Waals surface area contributed by atoms with Gasteiger partial charge in [0.05, 0.1) is 19.6 Å². The van der Waals surface area contributed by atoms with Gasteiger partial charge >= 0.3 is 5.97 Å². The molecule has 20 heavy (non-hydrogen) atoms. The van der Waals surface area contributed by atoms with Crippen LogP contribution < -0.4 is 5.32 Å². The zero-order chi connectivity index (χ0) is 14.7. The molecule has 1 aromatic carbocycles. The lowest BCUT2D eigenvalue weighted by Crippen LogP contribution is -2.48. The molecule has 110 valence electrons. The summed E-state index contributed by atoms with van der Waals surface area (Å²) >= 11 is 0. The average Bonchev–Trinajstić information content (AvgIpc) is 2.43. The molecule has 1 heterocycles. The van der Waals surface area contributed by atoms with Crippen molar-refractivity contribution in [2.75, 3.05) is 7.11 Å². The number of ether oxygens (including phenoxy) is 1. The Morgan fingerprint density at radius 3 is 2.70 bits per heavy atom. The van der Waals surface area contributed by atoms with Crippen LogP contribution in [-0.2, 0) is 9.53 Å². The number of esters is 1. The number of nitrogens with one attached hydrogen (secondary N) is 1. The molecule has 2 N–H and O–H groups in total. The molecule has 0 amide bonds. The number of benzene rings is 1. The molecule has 0 bridgehead atoms. The van der Waals surface area contributed by atoms with E-state index < -0.39 is 6.10 Å². The van der Waals surface area contributed by atoms with E-state index in [1.807, 2.05) is 6.92 Å². The van der Waals surface area contributed by atoms with E-state index >= 15 is 0 Å². The van der Waals surface area contributed by atoms with E-state index in [2.05, 4.69) is 10.1 Å². The molecule has 0 aromatic heterocycles. The number of piperidine rings is 1. The van der Waals surface area contributed by atoms with E-state index in [-0.39, 0.29) is 36.2 Å². The van der Waals surface area contributed by atoms with Crippen LogP contribution in [0.3, 0.4) is 0 Å². The minimum Gasteiger partial charge on any atom is -0.469 e. The highest BCUT2D eigenvalue weighted by Gasteiger charge is 2.35. The van der Waals surface area contributed by atoms with Gasteiger partial charge in [-0.1, -0.05) is 19.1 Å². The molecule has 2 rings (SSSR count). The first-order valence-electron chi connectivity index (χ1n) is 6.77. The van der Waals surface area contributed by atoms with Crippen LogP contribution in [0.2, 0.25) is 0 Å². The van der Waals surface area contributed by atoms with Gasteiger partial charge in [-0.25, -0.2) is 4.39 Å². The zero-order valence-corrected chi connectivity index (χ0v) is 11.7. The second-order valence-corrected chi connectivity index (χ2v) is 5.34. The highest BCUT2D eigenvalue weighted by molar-refractivity contribution is 5.69. The van der Waals surface area contributed by atoms with Crippen molar-refractivity contribution in [1.29, 1.82) is 0 Å². The van der Waals surface area contributed by atoms with Crippen molar-refractivity contribution in [3.63, 3.8) is 0 Å². The molecule has 4 nitrogen and oxygen atoms in total. The molecule has 0 radical (unpaired) electrons. The Labute approximate surface area is 117 Å². The third-order valence-corrected chi connectivity index (χ3v) is 3.94. The second kappa shape index (κ2) is 6.33. The Morgan fingerprint density at radius 1 is 1.45 bits per heavy atom. The molecule has 5 heteroatoms. The maximum absolute atomic E-state index is 13.0. The van der Waals surface area contributed by atoms with Crippen LogP contribution in [-0.4, -0.2) is 30.3 Å². The minimum absolute atomic E-state index is 0.00522. The van der Waals surface area contributed by atoms with Gasteiger partial charge in [0, 0.05) is 18.0 Å². The molecule has 0 spiro atoms. The number of rotatable bonds is 3. The maximum atomic E-state index is 13.0. The zero-order valence-electron chi connectivity index (χ0n) is 11.7. The molecule has 1 aliphatic heterocycles. The predicted molar refractivity (Wildman–Crippen MR) is 72.5 cm³/mol. The summed E-state index contributed by atoms with van der Waals surface area (Å²) in [6.45, 7) is 1.94. The van der Waals surface area contributed by atoms with E-state index in [0.717, 1.165) is 5.56 Å². The van der Waals surface area contributed by atoms with Crippen molar-refractivity contribution in [1.82, 2.24) is 5.32 Å². The van der Waals surface area contributed by atoms with Crippen LogP contribution >= 0.6 is 0 Å². The van der Waals surface area contributed by atoms with Crippen LogP contribution in [0, 0.1) is 11.7 Å². The normalized spacial score (nSPS) is 30.0. The van der Waals surface area contributed by atoms with Crippen molar-refractivity contribution in [3.05, 3.63) is 35.6 Å². The van der Waals surface area contributed by atoms with Gasteiger partial charge in [-0.3, -0.25) is 4.79 Å². The van der Waals surface area contributed by atoms with Crippen molar-refractivity contribution in [3.8, 4) is 0 Å². The number of aliphatic hydroxyl groups excluding tert-OH is 1. The summed E-state index contributed by atoms with van der Waals surface area (Å²) in [7, 11) is 1.35. The van der Waals surface area contributed by atoms with Gasteiger partial charge in [-0.2, -0.15) is 0 Å². The predicted octanol–water partition coefficient (Wildman–Crippen LogP) is 1.79. The third kappa shape index (κ3) is 3.35. The lowest BCUT2D eigenvalue weighted by molar-refractivity contribution is -0.141. The number of hydrogen-bond acceptors (Lipinski definition) is 4. The van der Waals surface area contributed by atoms with Gasteiger partial charge < -0.3 is 15.2 Å². The van der Waals surface area contributed by atoms with E-state index in [1.165, 1.54) is 19.2 Å². The first kappa shape index (κ1) is 14.9. The van der Waals surface area contributed by atoms with Gasteiger partial charge in [0.2, 0.25) is 0 Å². The first-order valence-corrected chi connectivity index (χ1v) is 6.77. The number of carbonyl (C=O) groups excluding carboxylic acids is 1. The van der Waals surface area contributed by atoms with E-state index in [1.54, 1.807) is 12.1 Å². The summed E-state index contributed by atoms with van der Waals surface area (Å²) in [4.78, 5) is 11.4. The molecule has 0 saturated carbocycles. The van der Waals surface area contributed by atoms with E-state index in [9.17, 15) is 14.3 Å². The molecule has 1 saturated heterocycles.